The van der Waals surface area contributed by atoms with Crippen molar-refractivity contribution in [2.24, 2.45) is 5.73 Å². The van der Waals surface area contributed by atoms with Gasteiger partial charge in [-0.3, -0.25) is 0 Å². The highest BCUT2D eigenvalue weighted by Crippen LogP contribution is 2.09. The van der Waals surface area contributed by atoms with Crippen LogP contribution < -0.4 is 5.73 Å². The fourth-order valence-corrected chi connectivity index (χ4v) is 2.28. The molecule has 0 spiro atoms. The number of hydrogen-bond acceptors (Lipinski definition) is 2. The maximum atomic E-state index is 5.88. The number of nitrogens with two attached hydrogens (primary N) is 1. The van der Waals surface area contributed by atoms with Crippen molar-refractivity contribution in [3.63, 3.8) is 0 Å². The predicted octanol–water partition coefficient (Wildman–Crippen LogP) is 3.07. The van der Waals surface area contributed by atoms with Crippen LogP contribution in [0.2, 0.25) is 0 Å². The van der Waals surface area contributed by atoms with Crippen molar-refractivity contribution >= 4 is 0 Å². The standard InChI is InChI=1S/C16H28N2/c1-3-4-6-11-16(14-17)18(2)13-12-15-9-7-5-8-10-15/h5,7-10,16H,3-4,6,11-14,17H2,1-2H3. The second-order valence-electron chi connectivity index (χ2n) is 5.10. The average molecular weight is 248 g/mol. The third-order valence-corrected chi connectivity index (χ3v) is 3.63. The van der Waals surface area contributed by atoms with Crippen LogP contribution in [0.15, 0.2) is 30.3 Å². The molecule has 2 nitrogen and oxygen atoms in total. The summed E-state index contributed by atoms with van der Waals surface area (Å²) in [6, 6.07) is 11.2. The number of unbranched alkanes of at least 4 members (excludes halogenated alkanes) is 2. The molecule has 0 aliphatic carbocycles. The van der Waals surface area contributed by atoms with Gasteiger partial charge in [0.05, 0.1) is 0 Å². The molecule has 2 N–H and O–H groups in total. The molecule has 0 radical (unpaired) electrons. The number of hydrogen-bond donors (Lipinski definition) is 1. The number of likely N-dealkylation sites (N-methyl/N-ethyl adjacent to an activating group) is 1. The lowest BCUT2D eigenvalue weighted by atomic mass is 10.1. The van der Waals surface area contributed by atoms with Crippen molar-refractivity contribution in [1.29, 1.82) is 0 Å². The molecule has 0 aromatic heterocycles. The average Bonchev–Trinajstić information content (AvgIpc) is 2.42. The van der Waals surface area contributed by atoms with Crippen molar-refractivity contribution in [3.05, 3.63) is 35.9 Å². The van der Waals surface area contributed by atoms with E-state index in [4.69, 9.17) is 5.73 Å². The zero-order valence-electron chi connectivity index (χ0n) is 11.9. The van der Waals surface area contributed by atoms with E-state index in [2.05, 4.69) is 49.2 Å². The van der Waals surface area contributed by atoms with E-state index in [-0.39, 0.29) is 0 Å². The fraction of sp³-hybridized carbons (Fsp3) is 0.625. The second-order valence-corrected chi connectivity index (χ2v) is 5.10. The number of benzene rings is 1. The maximum absolute atomic E-state index is 5.88. The molecule has 0 heterocycles. The second kappa shape index (κ2) is 9.12. The Morgan fingerprint density at radius 1 is 1.17 bits per heavy atom. The summed E-state index contributed by atoms with van der Waals surface area (Å²) in [7, 11) is 2.20. The van der Waals surface area contributed by atoms with Gasteiger partial charge in [0, 0.05) is 19.1 Å². The first-order valence-corrected chi connectivity index (χ1v) is 7.22. The normalized spacial score (nSPS) is 12.9. The molecule has 0 amide bonds. The van der Waals surface area contributed by atoms with E-state index < -0.39 is 0 Å². The Morgan fingerprint density at radius 3 is 2.50 bits per heavy atom. The lowest BCUT2D eigenvalue weighted by molar-refractivity contribution is 0.233. The molecule has 2 heteroatoms. The molecule has 102 valence electrons. The van der Waals surface area contributed by atoms with Crippen LogP contribution in [0.4, 0.5) is 0 Å². The summed E-state index contributed by atoms with van der Waals surface area (Å²) in [6.45, 7) is 4.11. The van der Waals surface area contributed by atoms with Crippen LogP contribution >= 0.6 is 0 Å². The Balaban J connectivity index is 2.30. The van der Waals surface area contributed by atoms with E-state index in [1.807, 2.05) is 0 Å². The summed E-state index contributed by atoms with van der Waals surface area (Å²) >= 11 is 0. The summed E-state index contributed by atoms with van der Waals surface area (Å²) in [4.78, 5) is 2.42. The fourth-order valence-electron chi connectivity index (χ4n) is 2.28. The molecule has 0 bridgehead atoms. The molecule has 0 fully saturated rings. The van der Waals surface area contributed by atoms with Crippen LogP contribution in [0.3, 0.4) is 0 Å². The first-order chi connectivity index (χ1) is 8.77. The monoisotopic (exact) mass is 248 g/mol. The van der Waals surface area contributed by atoms with Crippen LogP contribution in [0.25, 0.3) is 0 Å². The van der Waals surface area contributed by atoms with Crippen molar-refractivity contribution in [2.75, 3.05) is 20.1 Å². The minimum Gasteiger partial charge on any atom is -0.329 e. The van der Waals surface area contributed by atoms with Crippen LogP contribution in [0.1, 0.15) is 38.2 Å². The minimum absolute atomic E-state index is 0.542. The van der Waals surface area contributed by atoms with E-state index in [1.54, 1.807) is 0 Å². The van der Waals surface area contributed by atoms with Gasteiger partial charge < -0.3 is 10.6 Å². The number of rotatable bonds is 9. The van der Waals surface area contributed by atoms with E-state index in [9.17, 15) is 0 Å². The lowest BCUT2D eigenvalue weighted by Crippen LogP contribution is -2.39. The van der Waals surface area contributed by atoms with Crippen molar-refractivity contribution in [2.45, 2.75) is 45.1 Å². The molecule has 1 aromatic rings. The quantitative estimate of drug-likeness (QED) is 0.681. The van der Waals surface area contributed by atoms with Gasteiger partial charge in [-0.05, 0) is 25.5 Å². The summed E-state index contributed by atoms with van der Waals surface area (Å²) in [5, 5.41) is 0. The zero-order valence-corrected chi connectivity index (χ0v) is 11.9. The zero-order chi connectivity index (χ0) is 13.2. The third-order valence-electron chi connectivity index (χ3n) is 3.63. The van der Waals surface area contributed by atoms with Gasteiger partial charge in [-0.1, -0.05) is 56.5 Å². The SMILES string of the molecule is CCCCCC(CN)N(C)CCc1ccccc1. The molecule has 1 atom stereocenters. The van der Waals surface area contributed by atoms with E-state index >= 15 is 0 Å². The topological polar surface area (TPSA) is 29.3 Å². The Morgan fingerprint density at radius 2 is 1.89 bits per heavy atom. The Kier molecular flexibility index (Phi) is 7.70. The van der Waals surface area contributed by atoms with Gasteiger partial charge in [-0.2, -0.15) is 0 Å². The lowest BCUT2D eigenvalue weighted by Gasteiger charge is -2.27. The van der Waals surface area contributed by atoms with Gasteiger partial charge >= 0.3 is 0 Å². The van der Waals surface area contributed by atoms with Crippen LogP contribution in [0, 0.1) is 0 Å². The minimum atomic E-state index is 0.542. The van der Waals surface area contributed by atoms with E-state index in [0.29, 0.717) is 6.04 Å². The van der Waals surface area contributed by atoms with Crippen molar-refractivity contribution < 1.29 is 0 Å². The Bertz CT molecular complexity index is 297. The number of nitrogens with zero attached hydrogens (tertiary/aromatic N) is 1. The molecule has 0 aliphatic rings. The maximum Gasteiger partial charge on any atom is 0.0215 e. The highest BCUT2D eigenvalue weighted by molar-refractivity contribution is 5.14. The largest absolute Gasteiger partial charge is 0.329 e. The molecule has 1 rings (SSSR count). The first kappa shape index (κ1) is 15.2. The van der Waals surface area contributed by atoms with Crippen molar-refractivity contribution in [1.82, 2.24) is 4.90 Å². The van der Waals surface area contributed by atoms with Gasteiger partial charge in [-0.15, -0.1) is 0 Å². The van der Waals surface area contributed by atoms with Gasteiger partial charge in [-0.25, -0.2) is 0 Å². The first-order valence-electron chi connectivity index (χ1n) is 7.22. The smallest absolute Gasteiger partial charge is 0.0215 e. The molecule has 1 unspecified atom stereocenters. The molecule has 0 saturated carbocycles. The van der Waals surface area contributed by atoms with Gasteiger partial charge in [0.15, 0.2) is 0 Å². The summed E-state index contributed by atoms with van der Waals surface area (Å²) < 4.78 is 0. The molecular formula is C16H28N2. The Labute approximate surface area is 112 Å². The van der Waals surface area contributed by atoms with Gasteiger partial charge in [0.2, 0.25) is 0 Å². The van der Waals surface area contributed by atoms with E-state index in [0.717, 1.165) is 19.5 Å². The predicted molar refractivity (Wildman–Crippen MR) is 79.8 cm³/mol. The van der Waals surface area contributed by atoms with Crippen LogP contribution in [-0.4, -0.2) is 31.1 Å². The highest BCUT2D eigenvalue weighted by atomic mass is 15.1. The van der Waals surface area contributed by atoms with Crippen LogP contribution in [0.5, 0.6) is 0 Å². The molecule has 0 saturated heterocycles. The van der Waals surface area contributed by atoms with Gasteiger partial charge in [0.25, 0.3) is 0 Å². The van der Waals surface area contributed by atoms with Crippen molar-refractivity contribution in [3.8, 4) is 0 Å². The molecule has 18 heavy (non-hydrogen) atoms. The summed E-state index contributed by atoms with van der Waals surface area (Å²) in [6.07, 6.45) is 6.25. The summed E-state index contributed by atoms with van der Waals surface area (Å²) in [5.41, 5.74) is 7.29. The molecule has 1 aromatic carbocycles. The summed E-state index contributed by atoms with van der Waals surface area (Å²) in [5.74, 6) is 0. The Hall–Kier alpha value is -0.860. The van der Waals surface area contributed by atoms with E-state index in [1.165, 1.54) is 31.2 Å². The molecule has 0 aliphatic heterocycles. The highest BCUT2D eigenvalue weighted by Gasteiger charge is 2.12. The van der Waals surface area contributed by atoms with Crippen LogP contribution in [-0.2, 0) is 6.42 Å². The molecular weight excluding hydrogens is 220 g/mol. The van der Waals surface area contributed by atoms with Gasteiger partial charge in [0.1, 0.15) is 0 Å². The third kappa shape index (κ3) is 5.65.